The molecule has 10 heteroatoms. The van der Waals surface area contributed by atoms with Crippen LogP contribution in [-0.4, -0.2) is 33.0 Å². The molecule has 0 unspecified atom stereocenters. The maximum atomic E-state index is 13.5. The molecule has 0 fully saturated rings. The molecule has 0 spiro atoms. The Morgan fingerprint density at radius 3 is 1.71 bits per heavy atom. The summed E-state index contributed by atoms with van der Waals surface area (Å²) in [5.74, 6) is -10.8. The number of methoxy groups -OCH3 is 1. The van der Waals surface area contributed by atoms with Crippen LogP contribution in [-0.2, 0) is 4.74 Å². The lowest BCUT2D eigenvalue weighted by molar-refractivity contribution is -0.237. The van der Waals surface area contributed by atoms with Crippen molar-refractivity contribution in [3.8, 4) is 11.5 Å². The molecular formula is C11H11F6NO3. The fourth-order valence-corrected chi connectivity index (χ4v) is 1.22. The zero-order valence-electron chi connectivity index (χ0n) is 10.7. The van der Waals surface area contributed by atoms with Gasteiger partial charge in [-0.25, -0.2) is 0 Å². The largest absolute Gasteiger partial charge is 0.486 e. The third-order valence-electron chi connectivity index (χ3n) is 2.23. The van der Waals surface area contributed by atoms with Crippen molar-refractivity contribution in [3.05, 3.63) is 23.3 Å². The highest BCUT2D eigenvalue weighted by atomic mass is 19.3. The predicted molar refractivity (Wildman–Crippen MR) is 58.3 cm³/mol. The highest BCUT2D eigenvalue weighted by Gasteiger charge is 2.33. The molecule has 0 heterocycles. The second-order valence-electron chi connectivity index (χ2n) is 3.68. The first-order valence-corrected chi connectivity index (χ1v) is 5.49. The van der Waals surface area contributed by atoms with Crippen molar-refractivity contribution in [1.82, 2.24) is 0 Å². The van der Waals surface area contributed by atoms with Gasteiger partial charge in [-0.3, -0.25) is 0 Å². The summed E-state index contributed by atoms with van der Waals surface area (Å²) in [5.41, 5.74) is 5.01. The van der Waals surface area contributed by atoms with Crippen LogP contribution in [0, 0.1) is 23.3 Å². The molecule has 120 valence electrons. The van der Waals surface area contributed by atoms with Gasteiger partial charge in [0.1, 0.15) is 6.61 Å². The van der Waals surface area contributed by atoms with Gasteiger partial charge in [0, 0.05) is 13.7 Å². The minimum absolute atomic E-state index is 0.166. The van der Waals surface area contributed by atoms with Crippen molar-refractivity contribution in [1.29, 1.82) is 0 Å². The molecule has 0 aliphatic carbocycles. The molecule has 0 amide bonds. The molecule has 0 atom stereocenters. The molecule has 0 bridgehead atoms. The second kappa shape index (κ2) is 6.85. The maximum absolute atomic E-state index is 13.5. The Morgan fingerprint density at radius 1 is 0.905 bits per heavy atom. The van der Waals surface area contributed by atoms with Crippen LogP contribution in [0.3, 0.4) is 0 Å². The first kappa shape index (κ1) is 17.4. The van der Waals surface area contributed by atoms with Crippen LogP contribution in [0.5, 0.6) is 11.5 Å². The van der Waals surface area contributed by atoms with Gasteiger partial charge in [-0.15, -0.1) is 0 Å². The normalized spacial score (nSPS) is 11.6. The highest BCUT2D eigenvalue weighted by molar-refractivity contribution is 5.38. The van der Waals surface area contributed by atoms with Gasteiger partial charge in [0.2, 0.25) is 23.3 Å². The number of halogens is 6. The van der Waals surface area contributed by atoms with E-state index in [9.17, 15) is 26.3 Å². The number of ether oxygens (including phenoxy) is 3. The SMILES string of the molecule is COC(F)(F)COc1c(F)c(F)c(OCCN)c(F)c1F. The Hall–Kier alpha value is -1.68. The van der Waals surface area contributed by atoms with E-state index < -0.39 is 54.1 Å². The van der Waals surface area contributed by atoms with E-state index in [1.54, 1.807) is 0 Å². The van der Waals surface area contributed by atoms with Crippen molar-refractivity contribution in [2.24, 2.45) is 5.73 Å². The average Bonchev–Trinajstić information content (AvgIpc) is 2.45. The van der Waals surface area contributed by atoms with E-state index in [0.717, 1.165) is 0 Å². The van der Waals surface area contributed by atoms with Crippen LogP contribution in [0.4, 0.5) is 26.3 Å². The zero-order valence-corrected chi connectivity index (χ0v) is 10.7. The van der Waals surface area contributed by atoms with Crippen LogP contribution in [0.25, 0.3) is 0 Å². The number of hydrogen-bond acceptors (Lipinski definition) is 4. The molecule has 21 heavy (non-hydrogen) atoms. The van der Waals surface area contributed by atoms with Crippen LogP contribution in [0.2, 0.25) is 0 Å². The van der Waals surface area contributed by atoms with Gasteiger partial charge in [0.15, 0.2) is 18.1 Å². The van der Waals surface area contributed by atoms with Gasteiger partial charge < -0.3 is 19.9 Å². The van der Waals surface area contributed by atoms with Crippen LogP contribution in [0.1, 0.15) is 0 Å². The van der Waals surface area contributed by atoms with Crippen molar-refractivity contribution in [2.45, 2.75) is 6.11 Å². The fourth-order valence-electron chi connectivity index (χ4n) is 1.22. The Kier molecular flexibility index (Phi) is 5.67. The molecule has 4 nitrogen and oxygen atoms in total. The lowest BCUT2D eigenvalue weighted by Gasteiger charge is -2.17. The standard InChI is InChI=1S/C11H11F6NO3/c1-19-11(16,17)4-21-10-7(14)5(12)9(20-3-2-18)6(13)8(10)15/h2-4,18H2,1H3. The quantitative estimate of drug-likeness (QED) is 0.618. The van der Waals surface area contributed by atoms with Crippen LogP contribution < -0.4 is 15.2 Å². The summed E-state index contributed by atoms with van der Waals surface area (Å²) in [7, 11) is 0.612. The topological polar surface area (TPSA) is 53.7 Å². The lowest BCUT2D eigenvalue weighted by Crippen LogP contribution is -2.28. The summed E-state index contributed by atoms with van der Waals surface area (Å²) in [4.78, 5) is 0. The number of hydrogen-bond donors (Lipinski definition) is 1. The number of rotatable bonds is 7. The van der Waals surface area contributed by atoms with Crippen molar-refractivity contribution in [3.63, 3.8) is 0 Å². The molecule has 2 N–H and O–H groups in total. The van der Waals surface area contributed by atoms with E-state index in [2.05, 4.69) is 14.2 Å². The summed E-state index contributed by atoms with van der Waals surface area (Å²) in [5, 5.41) is 0. The highest BCUT2D eigenvalue weighted by Crippen LogP contribution is 2.35. The minimum atomic E-state index is -3.89. The van der Waals surface area contributed by atoms with Gasteiger partial charge in [-0.05, 0) is 0 Å². The van der Waals surface area contributed by atoms with Gasteiger partial charge in [0.05, 0.1) is 0 Å². The fraction of sp³-hybridized carbons (Fsp3) is 0.455. The predicted octanol–water partition coefficient (Wildman–Crippen LogP) is 2.20. The Labute approximate surface area is 115 Å². The van der Waals surface area contributed by atoms with Gasteiger partial charge >= 0.3 is 6.11 Å². The smallest absolute Gasteiger partial charge is 0.389 e. The Balaban J connectivity index is 3.12. The number of alkyl halides is 2. The van der Waals surface area contributed by atoms with E-state index in [-0.39, 0.29) is 6.54 Å². The third kappa shape index (κ3) is 3.91. The minimum Gasteiger partial charge on any atom is -0.486 e. The van der Waals surface area contributed by atoms with Crippen molar-refractivity contribution >= 4 is 0 Å². The van der Waals surface area contributed by atoms with E-state index in [1.165, 1.54) is 0 Å². The van der Waals surface area contributed by atoms with Crippen LogP contribution in [0.15, 0.2) is 0 Å². The number of nitrogens with two attached hydrogens (primary N) is 1. The molecule has 1 aromatic rings. The third-order valence-corrected chi connectivity index (χ3v) is 2.23. The van der Waals surface area contributed by atoms with Gasteiger partial charge in [0.25, 0.3) is 0 Å². The summed E-state index contributed by atoms with van der Waals surface area (Å²) < 4.78 is 91.6. The average molecular weight is 319 g/mol. The van der Waals surface area contributed by atoms with Crippen molar-refractivity contribution < 1.29 is 40.6 Å². The van der Waals surface area contributed by atoms with E-state index in [0.29, 0.717) is 7.11 Å². The van der Waals surface area contributed by atoms with Gasteiger partial charge in [-0.1, -0.05) is 0 Å². The molecule has 0 aliphatic rings. The van der Waals surface area contributed by atoms with Gasteiger partial charge in [-0.2, -0.15) is 26.3 Å². The first-order chi connectivity index (χ1) is 9.75. The molecule has 0 aliphatic heterocycles. The van der Waals surface area contributed by atoms with E-state index in [4.69, 9.17) is 5.73 Å². The molecule has 0 saturated carbocycles. The Morgan fingerprint density at radius 2 is 1.33 bits per heavy atom. The summed E-state index contributed by atoms with van der Waals surface area (Å²) in [6, 6.07) is 0. The van der Waals surface area contributed by atoms with E-state index >= 15 is 0 Å². The molecule has 1 rings (SSSR count). The van der Waals surface area contributed by atoms with E-state index in [1.807, 2.05) is 0 Å². The second-order valence-corrected chi connectivity index (χ2v) is 3.68. The van der Waals surface area contributed by atoms with Crippen molar-refractivity contribution in [2.75, 3.05) is 26.9 Å². The Bertz CT molecular complexity index is 482. The molecule has 0 aromatic heterocycles. The molecule has 1 aromatic carbocycles. The lowest BCUT2D eigenvalue weighted by atomic mass is 10.2. The maximum Gasteiger partial charge on any atom is 0.389 e. The summed E-state index contributed by atoms with van der Waals surface area (Å²) in [6.45, 7) is -2.21. The zero-order chi connectivity index (χ0) is 16.2. The van der Waals surface area contributed by atoms with Crippen LogP contribution >= 0.6 is 0 Å². The summed E-state index contributed by atoms with van der Waals surface area (Å²) in [6.07, 6.45) is -3.89. The number of benzene rings is 1. The summed E-state index contributed by atoms with van der Waals surface area (Å²) >= 11 is 0. The molecule has 0 saturated heterocycles. The first-order valence-electron chi connectivity index (χ1n) is 5.49. The molecule has 0 radical (unpaired) electrons. The molecular weight excluding hydrogens is 308 g/mol. The monoisotopic (exact) mass is 319 g/mol.